The van der Waals surface area contributed by atoms with Crippen LogP contribution < -0.4 is 5.32 Å². The van der Waals surface area contributed by atoms with Crippen LogP contribution in [-0.4, -0.2) is 48.8 Å². The monoisotopic (exact) mass is 313 g/mol. The summed E-state index contributed by atoms with van der Waals surface area (Å²) < 4.78 is 15.4. The molecule has 0 spiro atoms. The Morgan fingerprint density at radius 2 is 2.14 bits per heavy atom. The first-order valence-electron chi connectivity index (χ1n) is 7.13. The lowest BCUT2D eigenvalue weighted by Gasteiger charge is -2.33. The number of amides is 1. The van der Waals surface area contributed by atoms with Gasteiger partial charge in [-0.1, -0.05) is 12.7 Å². The highest BCUT2D eigenvalue weighted by molar-refractivity contribution is 6.08. The van der Waals surface area contributed by atoms with Crippen LogP contribution in [0.5, 0.6) is 0 Å². The number of alkyl carbamates (subject to hydrolysis) is 1. The molecule has 1 N–H and O–H groups in total. The lowest BCUT2D eigenvalue weighted by Crippen LogP contribution is -2.59. The summed E-state index contributed by atoms with van der Waals surface area (Å²) in [4.78, 5) is 36.1. The SMILES string of the molecule is C=CCOC(=O)C1(CNC(=O)OC(C)(C)C)OCCCC1=O. The van der Waals surface area contributed by atoms with E-state index in [2.05, 4.69) is 11.9 Å². The van der Waals surface area contributed by atoms with Crippen LogP contribution in [0.4, 0.5) is 4.79 Å². The Hall–Kier alpha value is -1.89. The molecule has 1 heterocycles. The Balaban J connectivity index is 2.78. The number of ether oxygens (including phenoxy) is 3. The Morgan fingerprint density at radius 3 is 2.68 bits per heavy atom. The largest absolute Gasteiger partial charge is 0.459 e. The molecule has 0 radical (unpaired) electrons. The van der Waals surface area contributed by atoms with Crippen molar-refractivity contribution in [2.45, 2.75) is 44.8 Å². The van der Waals surface area contributed by atoms with Gasteiger partial charge in [-0.15, -0.1) is 0 Å². The number of carbonyl (C=O) groups excluding carboxylic acids is 3. The van der Waals surface area contributed by atoms with Gasteiger partial charge in [0.05, 0.1) is 6.54 Å². The molecular weight excluding hydrogens is 290 g/mol. The number of rotatable bonds is 5. The minimum atomic E-state index is -1.81. The van der Waals surface area contributed by atoms with Gasteiger partial charge in [0.15, 0.2) is 5.78 Å². The van der Waals surface area contributed by atoms with Crippen LogP contribution in [0.25, 0.3) is 0 Å². The Bertz CT molecular complexity index is 453. The first-order chi connectivity index (χ1) is 10.2. The fraction of sp³-hybridized carbons (Fsp3) is 0.667. The Kier molecular flexibility index (Phi) is 6.11. The second-order valence-electron chi connectivity index (χ2n) is 5.94. The average Bonchev–Trinajstić information content (AvgIpc) is 2.42. The predicted octanol–water partition coefficient (Wildman–Crippen LogP) is 1.36. The quantitative estimate of drug-likeness (QED) is 0.468. The number of hydrogen-bond donors (Lipinski definition) is 1. The van der Waals surface area contributed by atoms with E-state index in [0.717, 1.165) is 0 Å². The van der Waals surface area contributed by atoms with Crippen molar-refractivity contribution >= 4 is 17.8 Å². The third-order valence-corrected chi connectivity index (χ3v) is 2.89. The maximum atomic E-state index is 12.2. The molecule has 0 saturated carbocycles. The van der Waals surface area contributed by atoms with E-state index in [-0.39, 0.29) is 26.2 Å². The van der Waals surface area contributed by atoms with Crippen LogP contribution >= 0.6 is 0 Å². The second kappa shape index (κ2) is 7.40. The van der Waals surface area contributed by atoms with Gasteiger partial charge in [-0.05, 0) is 27.2 Å². The molecule has 0 aromatic heterocycles. The molecular formula is C15H23NO6. The lowest BCUT2D eigenvalue weighted by atomic mass is 9.92. The average molecular weight is 313 g/mol. The normalized spacial score (nSPS) is 21.9. The van der Waals surface area contributed by atoms with Gasteiger partial charge in [0, 0.05) is 13.0 Å². The van der Waals surface area contributed by atoms with Crippen LogP contribution in [0.2, 0.25) is 0 Å². The summed E-state index contributed by atoms with van der Waals surface area (Å²) >= 11 is 0. The van der Waals surface area contributed by atoms with Crippen LogP contribution in [0.1, 0.15) is 33.6 Å². The Morgan fingerprint density at radius 1 is 1.45 bits per heavy atom. The summed E-state index contributed by atoms with van der Waals surface area (Å²) in [5.74, 6) is -1.24. The fourth-order valence-electron chi connectivity index (χ4n) is 1.92. The van der Waals surface area contributed by atoms with Crippen LogP contribution in [0.3, 0.4) is 0 Å². The van der Waals surface area contributed by atoms with E-state index < -0.39 is 29.0 Å². The first-order valence-corrected chi connectivity index (χ1v) is 7.13. The van der Waals surface area contributed by atoms with Crippen molar-refractivity contribution in [3.63, 3.8) is 0 Å². The molecule has 1 atom stereocenters. The van der Waals surface area contributed by atoms with Crippen molar-refractivity contribution in [1.29, 1.82) is 0 Å². The molecule has 1 aliphatic rings. The van der Waals surface area contributed by atoms with Crippen LogP contribution in [0, 0.1) is 0 Å². The van der Waals surface area contributed by atoms with Gasteiger partial charge in [0.25, 0.3) is 0 Å². The minimum Gasteiger partial charge on any atom is -0.459 e. The third kappa shape index (κ3) is 4.84. The van der Waals surface area contributed by atoms with Crippen molar-refractivity contribution in [3.05, 3.63) is 12.7 Å². The summed E-state index contributed by atoms with van der Waals surface area (Å²) in [5, 5.41) is 2.40. The van der Waals surface area contributed by atoms with Crippen molar-refractivity contribution in [1.82, 2.24) is 5.32 Å². The van der Waals surface area contributed by atoms with E-state index in [1.807, 2.05) is 0 Å². The molecule has 0 aromatic rings. The van der Waals surface area contributed by atoms with E-state index in [0.29, 0.717) is 6.42 Å². The van der Waals surface area contributed by atoms with Gasteiger partial charge < -0.3 is 19.5 Å². The molecule has 1 rings (SSSR count). The number of Topliss-reactive ketones (excluding diaryl/α,β-unsaturated/α-hetero) is 1. The second-order valence-corrected chi connectivity index (χ2v) is 5.94. The van der Waals surface area contributed by atoms with Gasteiger partial charge >= 0.3 is 12.1 Å². The molecule has 7 nitrogen and oxygen atoms in total. The van der Waals surface area contributed by atoms with E-state index in [4.69, 9.17) is 14.2 Å². The first kappa shape index (κ1) is 18.2. The van der Waals surface area contributed by atoms with Gasteiger partial charge in [0.1, 0.15) is 12.2 Å². The third-order valence-electron chi connectivity index (χ3n) is 2.89. The highest BCUT2D eigenvalue weighted by Gasteiger charge is 2.50. The maximum Gasteiger partial charge on any atom is 0.407 e. The van der Waals surface area contributed by atoms with Crippen molar-refractivity contribution in [2.24, 2.45) is 0 Å². The summed E-state index contributed by atoms with van der Waals surface area (Å²) in [6.45, 7) is 8.46. The summed E-state index contributed by atoms with van der Waals surface area (Å²) in [6, 6.07) is 0. The fourth-order valence-corrected chi connectivity index (χ4v) is 1.92. The minimum absolute atomic E-state index is 0.0380. The zero-order valence-corrected chi connectivity index (χ0v) is 13.3. The maximum absolute atomic E-state index is 12.2. The van der Waals surface area contributed by atoms with Crippen molar-refractivity contribution in [2.75, 3.05) is 19.8 Å². The topological polar surface area (TPSA) is 90.9 Å². The summed E-state index contributed by atoms with van der Waals surface area (Å²) in [5.41, 5.74) is -2.49. The zero-order chi connectivity index (χ0) is 16.8. The Labute approximate surface area is 130 Å². The number of esters is 1. The molecule has 1 amide bonds. The predicted molar refractivity (Wildman–Crippen MR) is 78.3 cm³/mol. The van der Waals surface area contributed by atoms with Gasteiger partial charge in [-0.25, -0.2) is 9.59 Å². The molecule has 124 valence electrons. The van der Waals surface area contributed by atoms with Gasteiger partial charge in [0.2, 0.25) is 5.60 Å². The van der Waals surface area contributed by atoms with E-state index >= 15 is 0 Å². The van der Waals surface area contributed by atoms with Crippen molar-refractivity contribution < 1.29 is 28.6 Å². The van der Waals surface area contributed by atoms with Crippen molar-refractivity contribution in [3.8, 4) is 0 Å². The van der Waals surface area contributed by atoms with Gasteiger partial charge in [-0.2, -0.15) is 0 Å². The molecule has 1 saturated heterocycles. The van der Waals surface area contributed by atoms with Crippen LogP contribution in [0.15, 0.2) is 12.7 Å². The standard InChI is InChI=1S/C15H23NO6/c1-5-8-20-12(18)15(11(17)7-6-9-21-15)10-16-13(19)22-14(2,3)4/h5H,1,6-10H2,2-4H3,(H,16,19). The van der Waals surface area contributed by atoms with E-state index in [1.54, 1.807) is 20.8 Å². The molecule has 0 aliphatic carbocycles. The number of ketones is 1. The smallest absolute Gasteiger partial charge is 0.407 e. The summed E-state index contributed by atoms with van der Waals surface area (Å²) in [6.07, 6.45) is 1.38. The molecule has 0 bridgehead atoms. The molecule has 1 aliphatic heterocycles. The summed E-state index contributed by atoms with van der Waals surface area (Å²) in [7, 11) is 0. The molecule has 1 unspecified atom stereocenters. The van der Waals surface area contributed by atoms with E-state index in [1.165, 1.54) is 6.08 Å². The molecule has 22 heavy (non-hydrogen) atoms. The number of carbonyl (C=O) groups is 3. The molecule has 7 heteroatoms. The number of nitrogens with one attached hydrogen (secondary N) is 1. The lowest BCUT2D eigenvalue weighted by molar-refractivity contribution is -0.180. The molecule has 0 aromatic carbocycles. The van der Waals surface area contributed by atoms with E-state index in [9.17, 15) is 14.4 Å². The van der Waals surface area contributed by atoms with Crippen LogP contribution in [-0.2, 0) is 23.8 Å². The number of hydrogen-bond acceptors (Lipinski definition) is 6. The zero-order valence-electron chi connectivity index (χ0n) is 13.3. The highest BCUT2D eigenvalue weighted by Crippen LogP contribution is 2.23. The highest BCUT2D eigenvalue weighted by atomic mass is 16.6. The van der Waals surface area contributed by atoms with Gasteiger partial charge in [-0.3, -0.25) is 4.79 Å². The molecule has 1 fully saturated rings.